The number of aliphatic hydroxyl groups is 2. The Labute approximate surface area is 124 Å². The first-order chi connectivity index (χ1) is 9.97. The van der Waals surface area contributed by atoms with Gasteiger partial charge in [0, 0.05) is 18.3 Å². The first-order valence-corrected chi connectivity index (χ1v) is 7.31. The third-order valence-electron chi connectivity index (χ3n) is 3.73. The van der Waals surface area contributed by atoms with Crippen LogP contribution in [0.3, 0.4) is 0 Å². The van der Waals surface area contributed by atoms with Crippen molar-refractivity contribution in [2.24, 2.45) is 0 Å². The van der Waals surface area contributed by atoms with Crippen molar-refractivity contribution in [3.63, 3.8) is 0 Å². The SMILES string of the molecule is CCc1cccn1C(=O)[C@@H](O)[C@H](O)CC1(C)OCCCO1. The molecular formula is C15H23NO5. The van der Waals surface area contributed by atoms with E-state index in [1.165, 1.54) is 4.57 Å². The van der Waals surface area contributed by atoms with E-state index in [0.29, 0.717) is 19.6 Å². The molecule has 2 atom stereocenters. The van der Waals surface area contributed by atoms with Gasteiger partial charge in [-0.05, 0) is 31.9 Å². The van der Waals surface area contributed by atoms with E-state index in [-0.39, 0.29) is 6.42 Å². The van der Waals surface area contributed by atoms with Gasteiger partial charge >= 0.3 is 0 Å². The monoisotopic (exact) mass is 297 g/mol. The molecule has 0 amide bonds. The molecule has 1 aromatic heterocycles. The van der Waals surface area contributed by atoms with Gasteiger partial charge in [-0.1, -0.05) is 6.92 Å². The fourth-order valence-corrected chi connectivity index (χ4v) is 2.51. The summed E-state index contributed by atoms with van der Waals surface area (Å²) >= 11 is 0. The van der Waals surface area contributed by atoms with Crippen LogP contribution in [0.2, 0.25) is 0 Å². The number of aromatic nitrogens is 1. The summed E-state index contributed by atoms with van der Waals surface area (Å²) in [4.78, 5) is 12.2. The van der Waals surface area contributed by atoms with Gasteiger partial charge in [0.15, 0.2) is 11.9 Å². The Bertz CT molecular complexity index is 478. The van der Waals surface area contributed by atoms with Crippen LogP contribution in [-0.4, -0.2) is 51.9 Å². The molecule has 0 spiro atoms. The number of aryl methyl sites for hydroxylation is 1. The molecule has 1 aliphatic heterocycles. The quantitative estimate of drug-likeness (QED) is 0.846. The summed E-state index contributed by atoms with van der Waals surface area (Å²) in [7, 11) is 0. The third kappa shape index (κ3) is 3.71. The van der Waals surface area contributed by atoms with E-state index >= 15 is 0 Å². The Balaban J connectivity index is 2.01. The molecule has 6 nitrogen and oxygen atoms in total. The van der Waals surface area contributed by atoms with Crippen molar-refractivity contribution in [1.29, 1.82) is 0 Å². The molecule has 0 aliphatic carbocycles. The van der Waals surface area contributed by atoms with Crippen molar-refractivity contribution in [3.8, 4) is 0 Å². The van der Waals surface area contributed by atoms with Crippen LogP contribution in [0, 0.1) is 0 Å². The number of rotatable bonds is 5. The maximum absolute atomic E-state index is 12.2. The molecule has 21 heavy (non-hydrogen) atoms. The highest BCUT2D eigenvalue weighted by Gasteiger charge is 2.36. The smallest absolute Gasteiger partial charge is 0.262 e. The maximum Gasteiger partial charge on any atom is 0.262 e. The lowest BCUT2D eigenvalue weighted by molar-refractivity contribution is -0.269. The van der Waals surface area contributed by atoms with Crippen molar-refractivity contribution in [2.45, 2.75) is 51.1 Å². The lowest BCUT2D eigenvalue weighted by Crippen LogP contribution is -2.46. The van der Waals surface area contributed by atoms with Crippen LogP contribution < -0.4 is 0 Å². The zero-order valence-corrected chi connectivity index (χ0v) is 12.5. The van der Waals surface area contributed by atoms with Gasteiger partial charge in [0.05, 0.1) is 19.3 Å². The summed E-state index contributed by atoms with van der Waals surface area (Å²) in [6, 6.07) is 3.55. The Morgan fingerprint density at radius 2 is 2.10 bits per heavy atom. The fourth-order valence-electron chi connectivity index (χ4n) is 2.51. The van der Waals surface area contributed by atoms with Gasteiger partial charge in [-0.15, -0.1) is 0 Å². The number of nitrogens with zero attached hydrogens (tertiary/aromatic N) is 1. The molecule has 1 aliphatic rings. The molecule has 0 saturated carbocycles. The molecule has 2 heterocycles. The largest absolute Gasteiger partial charge is 0.390 e. The van der Waals surface area contributed by atoms with Gasteiger partial charge in [0.25, 0.3) is 5.91 Å². The summed E-state index contributed by atoms with van der Waals surface area (Å²) in [5, 5.41) is 20.2. The van der Waals surface area contributed by atoms with Gasteiger partial charge < -0.3 is 19.7 Å². The summed E-state index contributed by atoms with van der Waals surface area (Å²) in [6.07, 6.45) is 0.359. The van der Waals surface area contributed by atoms with E-state index in [1.807, 2.05) is 13.0 Å². The highest BCUT2D eigenvalue weighted by molar-refractivity contribution is 5.84. The second-order valence-corrected chi connectivity index (χ2v) is 5.46. The lowest BCUT2D eigenvalue weighted by Gasteiger charge is -2.36. The van der Waals surface area contributed by atoms with Gasteiger partial charge in [-0.25, -0.2) is 0 Å². The topological polar surface area (TPSA) is 80.9 Å². The maximum atomic E-state index is 12.2. The molecule has 2 rings (SSSR count). The highest BCUT2D eigenvalue weighted by atomic mass is 16.7. The summed E-state index contributed by atoms with van der Waals surface area (Å²) in [5.74, 6) is -1.49. The highest BCUT2D eigenvalue weighted by Crippen LogP contribution is 2.25. The molecule has 6 heteroatoms. The molecule has 0 unspecified atom stereocenters. The first-order valence-electron chi connectivity index (χ1n) is 7.31. The van der Waals surface area contributed by atoms with Crippen molar-refractivity contribution >= 4 is 5.91 Å². The molecular weight excluding hydrogens is 274 g/mol. The average molecular weight is 297 g/mol. The zero-order valence-electron chi connectivity index (χ0n) is 12.5. The number of carbonyl (C=O) groups is 1. The molecule has 1 fully saturated rings. The Morgan fingerprint density at radius 1 is 1.43 bits per heavy atom. The van der Waals surface area contributed by atoms with Gasteiger partial charge in [0.2, 0.25) is 0 Å². The number of hydrogen-bond acceptors (Lipinski definition) is 5. The Kier molecular flexibility index (Phi) is 5.16. The minimum Gasteiger partial charge on any atom is -0.390 e. The number of aliphatic hydroxyl groups excluding tert-OH is 2. The molecule has 1 saturated heterocycles. The lowest BCUT2D eigenvalue weighted by atomic mass is 10.0. The summed E-state index contributed by atoms with van der Waals surface area (Å²) in [6.45, 7) is 4.72. The number of hydrogen-bond donors (Lipinski definition) is 2. The molecule has 1 aromatic rings. The first kappa shape index (κ1) is 16.2. The molecule has 118 valence electrons. The van der Waals surface area contributed by atoms with Crippen LogP contribution in [0.5, 0.6) is 0 Å². The fraction of sp³-hybridized carbons (Fsp3) is 0.667. The molecule has 0 bridgehead atoms. The van der Waals surface area contributed by atoms with E-state index in [4.69, 9.17) is 9.47 Å². The summed E-state index contributed by atoms with van der Waals surface area (Å²) < 4.78 is 12.4. The van der Waals surface area contributed by atoms with E-state index < -0.39 is 23.9 Å². The van der Waals surface area contributed by atoms with Crippen molar-refractivity contribution in [3.05, 3.63) is 24.0 Å². The normalized spacial score (nSPS) is 21.0. The standard InChI is InChI=1S/C15H23NO5/c1-3-11-6-4-7-16(11)14(19)13(18)12(17)10-15(2)20-8-5-9-21-15/h4,6-7,12-13,17-18H,3,5,8-10H2,1-2H3/t12-,13+/m1/s1. The second-order valence-electron chi connectivity index (χ2n) is 5.46. The van der Waals surface area contributed by atoms with Gasteiger partial charge in [-0.2, -0.15) is 0 Å². The van der Waals surface area contributed by atoms with Crippen LogP contribution in [0.25, 0.3) is 0 Å². The average Bonchev–Trinajstić information content (AvgIpc) is 2.94. The van der Waals surface area contributed by atoms with Gasteiger partial charge in [-0.3, -0.25) is 9.36 Å². The summed E-state index contributed by atoms with van der Waals surface area (Å²) in [5.41, 5.74) is 0.794. The molecule has 0 aromatic carbocycles. The van der Waals surface area contributed by atoms with E-state index in [9.17, 15) is 15.0 Å². The van der Waals surface area contributed by atoms with E-state index in [1.54, 1.807) is 19.2 Å². The Morgan fingerprint density at radius 3 is 2.71 bits per heavy atom. The van der Waals surface area contributed by atoms with Gasteiger partial charge in [0.1, 0.15) is 0 Å². The predicted molar refractivity (Wildman–Crippen MR) is 76.0 cm³/mol. The Hall–Kier alpha value is -1.21. The van der Waals surface area contributed by atoms with E-state index in [2.05, 4.69) is 0 Å². The molecule has 2 N–H and O–H groups in total. The van der Waals surface area contributed by atoms with Crippen LogP contribution in [0.15, 0.2) is 18.3 Å². The van der Waals surface area contributed by atoms with E-state index in [0.717, 1.165) is 12.1 Å². The predicted octanol–water partition coefficient (Wildman–Crippen LogP) is 0.956. The van der Waals surface area contributed by atoms with Crippen molar-refractivity contribution in [2.75, 3.05) is 13.2 Å². The minimum absolute atomic E-state index is 0.0443. The molecule has 0 radical (unpaired) electrons. The number of carbonyl (C=O) groups excluding carboxylic acids is 1. The minimum atomic E-state index is -1.51. The van der Waals surface area contributed by atoms with Crippen molar-refractivity contribution < 1.29 is 24.5 Å². The third-order valence-corrected chi connectivity index (χ3v) is 3.73. The zero-order chi connectivity index (χ0) is 15.5. The van der Waals surface area contributed by atoms with Crippen LogP contribution >= 0.6 is 0 Å². The number of ether oxygens (including phenoxy) is 2. The van der Waals surface area contributed by atoms with Crippen LogP contribution in [0.4, 0.5) is 0 Å². The van der Waals surface area contributed by atoms with Crippen LogP contribution in [-0.2, 0) is 15.9 Å². The van der Waals surface area contributed by atoms with Crippen LogP contribution in [0.1, 0.15) is 37.2 Å². The van der Waals surface area contributed by atoms with Crippen molar-refractivity contribution in [1.82, 2.24) is 4.57 Å². The second kappa shape index (κ2) is 6.70.